The molecule has 0 saturated carbocycles. The number of dihydropyridines is 1. The van der Waals surface area contributed by atoms with Crippen LogP contribution in [0.5, 0.6) is 0 Å². The largest absolute Gasteiger partial charge is 0.460 e. The number of non-ortho nitro benzene ring substituents is 1. The number of carbonyl (C=O) groups excluding carboxylic acids is 2. The first-order valence-corrected chi connectivity index (χ1v) is 9.44. The lowest BCUT2D eigenvalue weighted by atomic mass is 9.80. The van der Waals surface area contributed by atoms with Crippen molar-refractivity contribution in [1.29, 1.82) is 0 Å². The van der Waals surface area contributed by atoms with Crippen molar-refractivity contribution >= 4 is 17.6 Å². The summed E-state index contributed by atoms with van der Waals surface area (Å²) < 4.78 is 15.7. The van der Waals surface area contributed by atoms with E-state index in [0.29, 0.717) is 17.0 Å². The van der Waals surface area contributed by atoms with E-state index >= 15 is 0 Å². The summed E-state index contributed by atoms with van der Waals surface area (Å²) in [6.07, 6.45) is -1.21. The number of nitrogens with one attached hydrogen (secondary N) is 1. The van der Waals surface area contributed by atoms with Crippen molar-refractivity contribution in [1.82, 2.24) is 5.32 Å². The number of allylic oxidation sites excluding steroid dienone is 2. The van der Waals surface area contributed by atoms with Crippen molar-refractivity contribution in [2.75, 3.05) is 7.11 Å². The Morgan fingerprint density at radius 1 is 1.07 bits per heavy atom. The summed E-state index contributed by atoms with van der Waals surface area (Å²) in [6, 6.07) is 5.81. The summed E-state index contributed by atoms with van der Waals surface area (Å²) in [5.41, 5.74) is 1.55. The fraction of sp³-hybridized carbons (Fsp3) is 0.429. The summed E-state index contributed by atoms with van der Waals surface area (Å²) in [6.45, 7) is 8.34. The fourth-order valence-electron chi connectivity index (χ4n) is 3.23. The SMILES string of the molecule is COC(C)OC(=O)C1=C(C)NC(C)=C(C(=O)OC(C)C)C1c1cccc([N+](=O)[O-])c1. The minimum absolute atomic E-state index is 0.153. The molecule has 2 rings (SSSR count). The second kappa shape index (κ2) is 9.53. The van der Waals surface area contributed by atoms with Gasteiger partial charge in [-0.2, -0.15) is 0 Å². The van der Waals surface area contributed by atoms with E-state index in [2.05, 4.69) is 5.32 Å². The Balaban J connectivity index is 2.66. The predicted octanol–water partition coefficient (Wildman–Crippen LogP) is 3.32. The zero-order chi connectivity index (χ0) is 22.6. The first-order chi connectivity index (χ1) is 14.1. The second-order valence-electron chi connectivity index (χ2n) is 7.15. The fourth-order valence-corrected chi connectivity index (χ4v) is 3.23. The first kappa shape index (κ1) is 23.1. The number of esters is 2. The van der Waals surface area contributed by atoms with E-state index in [1.807, 2.05) is 0 Å². The molecule has 2 unspecified atom stereocenters. The van der Waals surface area contributed by atoms with E-state index in [-0.39, 0.29) is 22.9 Å². The minimum Gasteiger partial charge on any atom is -0.460 e. The van der Waals surface area contributed by atoms with Crippen LogP contribution in [0.1, 0.15) is 46.1 Å². The lowest BCUT2D eigenvalue weighted by Gasteiger charge is -2.31. The molecule has 0 spiro atoms. The summed E-state index contributed by atoms with van der Waals surface area (Å²) in [4.78, 5) is 36.7. The summed E-state index contributed by atoms with van der Waals surface area (Å²) in [5.74, 6) is -2.23. The maximum Gasteiger partial charge on any atom is 0.339 e. The maximum absolute atomic E-state index is 13.0. The van der Waals surface area contributed by atoms with Gasteiger partial charge in [-0.25, -0.2) is 9.59 Å². The van der Waals surface area contributed by atoms with Gasteiger partial charge >= 0.3 is 11.9 Å². The Morgan fingerprint density at radius 2 is 1.63 bits per heavy atom. The summed E-state index contributed by atoms with van der Waals surface area (Å²) in [5, 5.41) is 14.3. The van der Waals surface area contributed by atoms with Crippen molar-refractivity contribution in [2.24, 2.45) is 0 Å². The van der Waals surface area contributed by atoms with E-state index in [1.165, 1.54) is 25.3 Å². The quantitative estimate of drug-likeness (QED) is 0.310. The van der Waals surface area contributed by atoms with Crippen LogP contribution in [0, 0.1) is 10.1 Å². The van der Waals surface area contributed by atoms with E-state index in [1.54, 1.807) is 40.7 Å². The Hall–Kier alpha value is -3.20. The highest BCUT2D eigenvalue weighted by Gasteiger charge is 2.39. The molecule has 30 heavy (non-hydrogen) atoms. The van der Waals surface area contributed by atoms with Crippen molar-refractivity contribution < 1.29 is 28.7 Å². The van der Waals surface area contributed by atoms with Crippen LogP contribution in [-0.2, 0) is 23.8 Å². The van der Waals surface area contributed by atoms with E-state index < -0.39 is 29.1 Å². The van der Waals surface area contributed by atoms with E-state index in [9.17, 15) is 19.7 Å². The average molecular weight is 418 g/mol. The van der Waals surface area contributed by atoms with Gasteiger partial charge in [-0.1, -0.05) is 12.1 Å². The molecule has 162 valence electrons. The third kappa shape index (κ3) is 5.04. The number of hydrogen-bond donors (Lipinski definition) is 1. The highest BCUT2D eigenvalue weighted by molar-refractivity contribution is 6.00. The topological polar surface area (TPSA) is 117 Å². The van der Waals surface area contributed by atoms with Crippen molar-refractivity contribution in [3.05, 3.63) is 62.5 Å². The van der Waals surface area contributed by atoms with Gasteiger partial charge < -0.3 is 19.5 Å². The summed E-state index contributed by atoms with van der Waals surface area (Å²) in [7, 11) is 1.39. The molecule has 0 saturated heterocycles. The highest BCUT2D eigenvalue weighted by Crippen LogP contribution is 2.40. The zero-order valence-electron chi connectivity index (χ0n) is 17.8. The normalized spacial score (nSPS) is 17.5. The van der Waals surface area contributed by atoms with Crippen molar-refractivity contribution in [3.8, 4) is 0 Å². The Kier molecular flexibility index (Phi) is 7.33. The number of nitrogens with zero attached hydrogens (tertiary/aromatic N) is 1. The van der Waals surface area contributed by atoms with Crippen LogP contribution < -0.4 is 5.32 Å². The molecular weight excluding hydrogens is 392 g/mol. The second-order valence-corrected chi connectivity index (χ2v) is 7.15. The third-order valence-corrected chi connectivity index (χ3v) is 4.56. The number of methoxy groups -OCH3 is 1. The maximum atomic E-state index is 13.0. The molecule has 9 heteroatoms. The molecule has 9 nitrogen and oxygen atoms in total. The molecule has 0 fully saturated rings. The number of nitro groups is 1. The van der Waals surface area contributed by atoms with Gasteiger partial charge in [-0.15, -0.1) is 0 Å². The third-order valence-electron chi connectivity index (χ3n) is 4.56. The highest BCUT2D eigenvalue weighted by atomic mass is 16.7. The predicted molar refractivity (Wildman–Crippen MR) is 108 cm³/mol. The number of benzene rings is 1. The molecule has 1 heterocycles. The van der Waals surface area contributed by atoms with Crippen LogP contribution in [0.25, 0.3) is 0 Å². The number of rotatable bonds is 7. The van der Waals surface area contributed by atoms with Crippen LogP contribution in [0.15, 0.2) is 46.8 Å². The van der Waals surface area contributed by atoms with Crippen LogP contribution in [0.4, 0.5) is 5.69 Å². The van der Waals surface area contributed by atoms with Crippen LogP contribution in [0.3, 0.4) is 0 Å². The molecule has 0 radical (unpaired) electrons. The van der Waals surface area contributed by atoms with Crippen molar-refractivity contribution in [3.63, 3.8) is 0 Å². The first-order valence-electron chi connectivity index (χ1n) is 9.44. The smallest absolute Gasteiger partial charge is 0.339 e. The Morgan fingerprint density at radius 3 is 2.13 bits per heavy atom. The number of carbonyl (C=O) groups is 2. The van der Waals surface area contributed by atoms with Gasteiger partial charge in [-0.05, 0) is 40.2 Å². The van der Waals surface area contributed by atoms with E-state index in [0.717, 1.165) is 0 Å². The molecule has 0 aliphatic carbocycles. The average Bonchev–Trinajstić information content (AvgIpc) is 2.66. The Bertz CT molecular complexity index is 918. The van der Waals surface area contributed by atoms with Gasteiger partial charge in [-0.3, -0.25) is 10.1 Å². The Labute approximate surface area is 174 Å². The molecular formula is C21H26N2O7. The molecule has 1 N–H and O–H groups in total. The monoisotopic (exact) mass is 418 g/mol. The lowest BCUT2D eigenvalue weighted by molar-refractivity contribution is -0.384. The van der Waals surface area contributed by atoms with Gasteiger partial charge in [0.25, 0.3) is 5.69 Å². The van der Waals surface area contributed by atoms with E-state index in [4.69, 9.17) is 14.2 Å². The van der Waals surface area contributed by atoms with Gasteiger partial charge in [0.15, 0.2) is 6.29 Å². The van der Waals surface area contributed by atoms with Gasteiger partial charge in [0.05, 0.1) is 28.1 Å². The zero-order valence-corrected chi connectivity index (χ0v) is 17.8. The number of nitro benzene ring substituents is 1. The summed E-state index contributed by atoms with van der Waals surface area (Å²) >= 11 is 0. The van der Waals surface area contributed by atoms with Gasteiger partial charge in [0.1, 0.15) is 0 Å². The number of hydrogen-bond acceptors (Lipinski definition) is 8. The molecule has 0 amide bonds. The molecule has 1 aromatic carbocycles. The van der Waals surface area contributed by atoms with Crippen molar-refractivity contribution in [2.45, 2.75) is 52.9 Å². The molecule has 2 atom stereocenters. The molecule has 0 aromatic heterocycles. The molecule has 1 aromatic rings. The van der Waals surface area contributed by atoms with Crippen LogP contribution >= 0.6 is 0 Å². The molecule has 1 aliphatic rings. The lowest BCUT2D eigenvalue weighted by Crippen LogP contribution is -2.34. The molecule has 1 aliphatic heterocycles. The molecule has 0 bridgehead atoms. The number of ether oxygens (including phenoxy) is 3. The standard InChI is InChI=1S/C21H26N2O7/c1-11(2)29-20(24)17-12(3)22-13(4)18(21(25)30-14(5)28-6)19(17)15-8-7-9-16(10-15)23(26)27/h7-11,14,19,22H,1-6H3. The van der Waals surface area contributed by atoms with Gasteiger partial charge in [0.2, 0.25) is 0 Å². The van der Waals surface area contributed by atoms with Gasteiger partial charge in [0, 0.05) is 30.6 Å². The van der Waals surface area contributed by atoms with Crippen LogP contribution in [0.2, 0.25) is 0 Å². The minimum atomic E-state index is -0.908. The van der Waals surface area contributed by atoms with Crippen LogP contribution in [-0.4, -0.2) is 36.4 Å².